The fraction of sp³-hybridized carbons (Fsp3) is 0.786. The standard InChI is InChI=1S/C14H25N3O4/c1-9(11(18)15-4)16-13(21)17-7-5-6-10(8-17)14(2,3)12(19)20/h9-10H,5-8H2,1-4H3,(H,15,18)(H,16,21)(H,19,20). The van der Waals surface area contributed by atoms with Crippen molar-refractivity contribution in [1.29, 1.82) is 0 Å². The maximum absolute atomic E-state index is 12.2. The van der Waals surface area contributed by atoms with E-state index in [-0.39, 0.29) is 17.9 Å². The number of carboxylic acid groups (broad SMARTS) is 1. The zero-order chi connectivity index (χ0) is 16.2. The zero-order valence-corrected chi connectivity index (χ0v) is 13.1. The number of aliphatic carboxylic acids is 1. The molecule has 1 saturated heterocycles. The third kappa shape index (κ3) is 4.09. The van der Waals surface area contributed by atoms with Crippen LogP contribution in [0.2, 0.25) is 0 Å². The molecule has 0 aromatic rings. The van der Waals surface area contributed by atoms with E-state index in [4.69, 9.17) is 0 Å². The molecule has 0 aliphatic carbocycles. The molecule has 0 radical (unpaired) electrons. The smallest absolute Gasteiger partial charge is 0.318 e. The van der Waals surface area contributed by atoms with Crippen molar-refractivity contribution in [1.82, 2.24) is 15.5 Å². The van der Waals surface area contributed by atoms with Crippen LogP contribution in [-0.4, -0.2) is 54.1 Å². The van der Waals surface area contributed by atoms with Crippen LogP contribution in [0, 0.1) is 11.3 Å². The van der Waals surface area contributed by atoms with Gasteiger partial charge in [0, 0.05) is 20.1 Å². The average molecular weight is 299 g/mol. The molecule has 0 bridgehead atoms. The van der Waals surface area contributed by atoms with Crippen LogP contribution in [-0.2, 0) is 9.59 Å². The minimum absolute atomic E-state index is 0.0928. The summed E-state index contributed by atoms with van der Waals surface area (Å²) in [5, 5.41) is 14.4. The second-order valence-electron chi connectivity index (χ2n) is 6.10. The van der Waals surface area contributed by atoms with Gasteiger partial charge in [0.2, 0.25) is 5.91 Å². The number of carboxylic acids is 1. The summed E-state index contributed by atoms with van der Waals surface area (Å²) in [5.41, 5.74) is -0.870. The minimum Gasteiger partial charge on any atom is -0.481 e. The van der Waals surface area contributed by atoms with E-state index in [2.05, 4.69) is 10.6 Å². The monoisotopic (exact) mass is 299 g/mol. The lowest BCUT2D eigenvalue weighted by Gasteiger charge is -2.39. The van der Waals surface area contributed by atoms with Gasteiger partial charge in [-0.2, -0.15) is 0 Å². The van der Waals surface area contributed by atoms with Gasteiger partial charge in [-0.1, -0.05) is 0 Å². The lowest BCUT2D eigenvalue weighted by molar-refractivity contribution is -0.151. The molecule has 1 aliphatic rings. The number of hydrogen-bond acceptors (Lipinski definition) is 3. The van der Waals surface area contributed by atoms with Gasteiger partial charge in [-0.25, -0.2) is 4.79 Å². The first-order valence-electron chi connectivity index (χ1n) is 7.20. The first kappa shape index (κ1) is 17.3. The van der Waals surface area contributed by atoms with E-state index >= 15 is 0 Å². The quantitative estimate of drug-likeness (QED) is 0.710. The number of likely N-dealkylation sites (N-methyl/N-ethyl adjacent to an activating group) is 1. The normalized spacial score (nSPS) is 20.6. The average Bonchev–Trinajstić information content (AvgIpc) is 2.46. The van der Waals surface area contributed by atoms with Crippen LogP contribution < -0.4 is 10.6 Å². The second kappa shape index (κ2) is 6.78. The largest absolute Gasteiger partial charge is 0.481 e. The number of hydrogen-bond donors (Lipinski definition) is 3. The van der Waals surface area contributed by atoms with Crippen molar-refractivity contribution in [3.8, 4) is 0 Å². The topological polar surface area (TPSA) is 98.7 Å². The molecular formula is C14H25N3O4. The third-order valence-electron chi connectivity index (χ3n) is 4.26. The Morgan fingerprint density at radius 2 is 1.95 bits per heavy atom. The molecule has 7 heteroatoms. The molecule has 2 atom stereocenters. The molecule has 0 spiro atoms. The summed E-state index contributed by atoms with van der Waals surface area (Å²) >= 11 is 0. The van der Waals surface area contributed by atoms with E-state index in [1.165, 1.54) is 7.05 Å². The van der Waals surface area contributed by atoms with Gasteiger partial charge in [0.1, 0.15) is 6.04 Å². The maximum Gasteiger partial charge on any atom is 0.318 e. The van der Waals surface area contributed by atoms with Gasteiger partial charge in [-0.05, 0) is 39.5 Å². The number of piperidine rings is 1. The molecule has 21 heavy (non-hydrogen) atoms. The van der Waals surface area contributed by atoms with Crippen LogP contribution in [0.5, 0.6) is 0 Å². The van der Waals surface area contributed by atoms with Crippen molar-refractivity contribution >= 4 is 17.9 Å². The number of urea groups is 1. The van der Waals surface area contributed by atoms with Crippen molar-refractivity contribution in [2.24, 2.45) is 11.3 Å². The van der Waals surface area contributed by atoms with E-state index in [9.17, 15) is 19.5 Å². The SMILES string of the molecule is CNC(=O)C(C)NC(=O)N1CCCC(C(C)(C)C(=O)O)C1. The molecule has 0 saturated carbocycles. The number of likely N-dealkylation sites (tertiary alicyclic amines) is 1. The number of carbonyl (C=O) groups is 3. The van der Waals surface area contributed by atoms with Gasteiger partial charge in [-0.3, -0.25) is 9.59 Å². The fourth-order valence-electron chi connectivity index (χ4n) is 2.48. The van der Waals surface area contributed by atoms with Crippen LogP contribution in [0.4, 0.5) is 4.79 Å². The highest BCUT2D eigenvalue weighted by atomic mass is 16.4. The predicted molar refractivity (Wildman–Crippen MR) is 77.8 cm³/mol. The van der Waals surface area contributed by atoms with Gasteiger partial charge in [0.15, 0.2) is 0 Å². The van der Waals surface area contributed by atoms with Crippen LogP contribution in [0.3, 0.4) is 0 Å². The summed E-state index contributed by atoms with van der Waals surface area (Å²) in [6.07, 6.45) is 1.55. The number of nitrogens with zero attached hydrogens (tertiary/aromatic N) is 1. The number of amides is 3. The minimum atomic E-state index is -0.870. The summed E-state index contributed by atoms with van der Waals surface area (Å²) in [5.74, 6) is -1.21. The Morgan fingerprint density at radius 3 is 2.48 bits per heavy atom. The Bertz CT molecular complexity index is 422. The first-order valence-corrected chi connectivity index (χ1v) is 7.20. The Kier molecular flexibility index (Phi) is 5.57. The maximum atomic E-state index is 12.2. The van der Waals surface area contributed by atoms with Crippen LogP contribution >= 0.6 is 0 Å². The first-order chi connectivity index (χ1) is 9.70. The van der Waals surface area contributed by atoms with E-state index < -0.39 is 17.4 Å². The highest BCUT2D eigenvalue weighted by molar-refractivity contribution is 5.86. The molecular weight excluding hydrogens is 274 g/mol. The molecule has 1 rings (SSSR count). The van der Waals surface area contributed by atoms with Crippen molar-refractivity contribution in [3.05, 3.63) is 0 Å². The molecule has 1 fully saturated rings. The van der Waals surface area contributed by atoms with E-state index in [1.807, 2.05) is 0 Å². The molecule has 3 amide bonds. The van der Waals surface area contributed by atoms with Crippen molar-refractivity contribution in [2.75, 3.05) is 20.1 Å². The van der Waals surface area contributed by atoms with E-state index in [0.717, 1.165) is 12.8 Å². The highest BCUT2D eigenvalue weighted by Gasteiger charge is 2.40. The number of nitrogens with one attached hydrogen (secondary N) is 2. The van der Waals surface area contributed by atoms with Crippen LogP contribution in [0.1, 0.15) is 33.6 Å². The summed E-state index contributed by atoms with van der Waals surface area (Å²) in [6, 6.07) is -0.938. The predicted octanol–water partition coefficient (Wildman–Crippen LogP) is 0.653. The lowest BCUT2D eigenvalue weighted by Crippen LogP contribution is -2.53. The van der Waals surface area contributed by atoms with Gasteiger partial charge >= 0.3 is 12.0 Å². The summed E-state index contributed by atoms with van der Waals surface area (Å²) in [6.45, 7) is 5.96. The van der Waals surface area contributed by atoms with Gasteiger partial charge in [0.25, 0.3) is 0 Å². The molecule has 120 valence electrons. The molecule has 7 nitrogen and oxygen atoms in total. The van der Waals surface area contributed by atoms with Crippen molar-refractivity contribution in [3.63, 3.8) is 0 Å². The number of rotatable bonds is 4. The van der Waals surface area contributed by atoms with Gasteiger partial charge in [-0.15, -0.1) is 0 Å². The van der Waals surface area contributed by atoms with Crippen molar-refractivity contribution < 1.29 is 19.5 Å². The highest BCUT2D eigenvalue weighted by Crippen LogP contribution is 2.34. The number of carbonyl (C=O) groups excluding carboxylic acids is 2. The Morgan fingerprint density at radius 1 is 1.33 bits per heavy atom. The zero-order valence-electron chi connectivity index (χ0n) is 13.1. The van der Waals surface area contributed by atoms with Crippen LogP contribution in [0.25, 0.3) is 0 Å². The molecule has 0 aromatic heterocycles. The summed E-state index contributed by atoms with van der Waals surface area (Å²) in [7, 11) is 1.51. The fourth-order valence-corrected chi connectivity index (χ4v) is 2.48. The molecule has 0 aromatic carbocycles. The van der Waals surface area contributed by atoms with Crippen molar-refractivity contribution in [2.45, 2.75) is 39.7 Å². The molecule has 3 N–H and O–H groups in total. The molecule has 1 heterocycles. The van der Waals surface area contributed by atoms with Gasteiger partial charge in [0.05, 0.1) is 5.41 Å². The summed E-state index contributed by atoms with van der Waals surface area (Å²) < 4.78 is 0. The molecule has 2 unspecified atom stereocenters. The Hall–Kier alpha value is -1.79. The lowest BCUT2D eigenvalue weighted by atomic mass is 9.74. The second-order valence-corrected chi connectivity index (χ2v) is 6.10. The molecule has 1 aliphatic heterocycles. The Labute approximate surface area is 125 Å². The van der Waals surface area contributed by atoms with E-state index in [1.54, 1.807) is 25.7 Å². The third-order valence-corrected chi connectivity index (χ3v) is 4.26. The van der Waals surface area contributed by atoms with E-state index in [0.29, 0.717) is 13.1 Å². The Balaban J connectivity index is 2.66. The summed E-state index contributed by atoms with van der Waals surface area (Å²) in [4.78, 5) is 36.5. The van der Waals surface area contributed by atoms with Gasteiger partial charge < -0.3 is 20.6 Å². The van der Waals surface area contributed by atoms with Crippen LogP contribution in [0.15, 0.2) is 0 Å².